The quantitative estimate of drug-likeness (QED) is 0.842. The van der Waals surface area contributed by atoms with Crippen LogP contribution in [0.2, 0.25) is 0 Å². The van der Waals surface area contributed by atoms with Crippen molar-refractivity contribution in [2.24, 2.45) is 5.92 Å². The fourth-order valence-corrected chi connectivity index (χ4v) is 5.37. The average molecular weight is 397 g/mol. The third kappa shape index (κ3) is 3.01. The maximum atomic E-state index is 12.9. The van der Waals surface area contributed by atoms with E-state index in [4.69, 9.17) is 4.98 Å². The van der Waals surface area contributed by atoms with Crippen molar-refractivity contribution in [3.05, 3.63) is 18.0 Å². The number of aromatic nitrogens is 3. The summed E-state index contributed by atoms with van der Waals surface area (Å²) >= 11 is 0. The van der Waals surface area contributed by atoms with E-state index in [0.29, 0.717) is 18.0 Å². The molecule has 0 unspecified atom stereocenters. The molecule has 0 spiro atoms. The van der Waals surface area contributed by atoms with Gasteiger partial charge in [0.1, 0.15) is 11.3 Å². The second-order valence-corrected chi connectivity index (χ2v) is 9.79. The van der Waals surface area contributed by atoms with Gasteiger partial charge in [0.15, 0.2) is 0 Å². The van der Waals surface area contributed by atoms with Gasteiger partial charge in [0.2, 0.25) is 5.95 Å². The first-order valence-electron chi connectivity index (χ1n) is 11.0. The number of amides is 1. The van der Waals surface area contributed by atoms with E-state index in [1.54, 1.807) is 4.90 Å². The number of hydrogen-bond acceptors (Lipinski definition) is 5. The van der Waals surface area contributed by atoms with Gasteiger partial charge in [-0.25, -0.2) is 4.98 Å². The fraction of sp³-hybridized carbons (Fsp3) is 0.682. The molecule has 7 nitrogen and oxygen atoms in total. The maximum Gasteiger partial charge on any atom is 0.270 e. The molecule has 1 amide bonds. The van der Waals surface area contributed by atoms with Crippen LogP contribution < -0.4 is 5.32 Å². The summed E-state index contributed by atoms with van der Waals surface area (Å²) < 4.78 is 2.24. The van der Waals surface area contributed by atoms with Crippen LogP contribution in [0, 0.1) is 5.92 Å². The molecule has 2 bridgehead atoms. The lowest BCUT2D eigenvalue weighted by Crippen LogP contribution is -2.60. The van der Waals surface area contributed by atoms with Crippen LogP contribution in [0.25, 0.3) is 11.0 Å². The van der Waals surface area contributed by atoms with Crippen LogP contribution in [0.15, 0.2) is 12.3 Å². The number of anilines is 1. The molecule has 1 saturated heterocycles. The molecule has 3 saturated carbocycles. The van der Waals surface area contributed by atoms with Crippen molar-refractivity contribution in [3.63, 3.8) is 0 Å². The average Bonchev–Trinajstić information content (AvgIpc) is 2.98. The Bertz CT molecular complexity index is 923. The van der Waals surface area contributed by atoms with Crippen molar-refractivity contribution in [2.45, 2.75) is 63.6 Å². The molecule has 2 aromatic heterocycles. The highest BCUT2D eigenvalue weighted by Gasteiger charge is 2.59. The van der Waals surface area contributed by atoms with Crippen molar-refractivity contribution >= 4 is 22.9 Å². The number of rotatable bonds is 5. The summed E-state index contributed by atoms with van der Waals surface area (Å²) in [6, 6.07) is 2.99. The van der Waals surface area contributed by atoms with Crippen LogP contribution in [0.1, 0.15) is 56.4 Å². The molecule has 1 aliphatic heterocycles. The van der Waals surface area contributed by atoms with Crippen LogP contribution in [0.5, 0.6) is 0 Å². The van der Waals surface area contributed by atoms with Crippen molar-refractivity contribution in [1.29, 1.82) is 0 Å². The molecule has 1 N–H and O–H groups in total. The maximum absolute atomic E-state index is 12.9. The van der Waals surface area contributed by atoms with Gasteiger partial charge in [0, 0.05) is 56.4 Å². The number of carbonyl (C=O) groups is 1. The summed E-state index contributed by atoms with van der Waals surface area (Å²) in [6.45, 7) is 6.74. The standard InChI is InChI=1S/C22H32N6O/c1-14(2)27-7-5-17(6-8-27)24-21-23-13-16-9-18(20(29)26(3)4)28(19(16)25-21)22-10-15(11-22)12-22/h9,13-15,17H,5-8,10-12H2,1-4H3,(H,23,24,25). The Labute approximate surface area is 172 Å². The lowest BCUT2D eigenvalue weighted by molar-refractivity contribution is -0.0870. The second kappa shape index (κ2) is 6.69. The van der Waals surface area contributed by atoms with Crippen molar-refractivity contribution < 1.29 is 4.79 Å². The molecule has 4 aliphatic rings. The molecule has 156 valence electrons. The highest BCUT2D eigenvalue weighted by Crippen LogP contribution is 2.63. The molecule has 0 radical (unpaired) electrons. The predicted octanol–water partition coefficient (Wildman–Crippen LogP) is 2.93. The first-order valence-corrected chi connectivity index (χ1v) is 11.0. The van der Waals surface area contributed by atoms with Crippen molar-refractivity contribution in [3.8, 4) is 0 Å². The van der Waals surface area contributed by atoms with E-state index in [9.17, 15) is 4.79 Å². The SMILES string of the molecule is CC(C)N1CCC(Nc2ncc3cc(C(=O)N(C)C)n(C45CC(C4)C5)c3n2)CC1. The number of nitrogens with one attached hydrogen (secondary N) is 1. The Hall–Kier alpha value is -2.15. The zero-order chi connectivity index (χ0) is 20.3. The number of nitrogens with zero attached hydrogens (tertiary/aromatic N) is 5. The Morgan fingerprint density at radius 1 is 1.24 bits per heavy atom. The smallest absolute Gasteiger partial charge is 0.270 e. The van der Waals surface area contributed by atoms with Gasteiger partial charge in [-0.15, -0.1) is 0 Å². The number of hydrogen-bond donors (Lipinski definition) is 1. The molecule has 6 rings (SSSR count). The van der Waals surface area contributed by atoms with Crippen molar-refractivity contribution in [1.82, 2.24) is 24.3 Å². The van der Waals surface area contributed by atoms with Gasteiger partial charge in [0.25, 0.3) is 5.91 Å². The molecule has 0 aromatic carbocycles. The zero-order valence-corrected chi connectivity index (χ0v) is 18.0. The monoisotopic (exact) mass is 396 g/mol. The lowest BCUT2D eigenvalue weighted by atomic mass is 9.49. The predicted molar refractivity (Wildman–Crippen MR) is 114 cm³/mol. The minimum atomic E-state index is 0.0447. The van der Waals surface area contributed by atoms with Gasteiger partial charge in [-0.2, -0.15) is 4.98 Å². The summed E-state index contributed by atoms with van der Waals surface area (Å²) in [6.07, 6.45) is 7.61. The number of piperidine rings is 1. The van der Waals surface area contributed by atoms with Crippen LogP contribution in [-0.2, 0) is 5.54 Å². The molecule has 2 aromatic rings. The molecule has 7 heteroatoms. The van der Waals surface area contributed by atoms with Gasteiger partial charge >= 0.3 is 0 Å². The summed E-state index contributed by atoms with van der Waals surface area (Å²) in [4.78, 5) is 26.5. The summed E-state index contributed by atoms with van der Waals surface area (Å²) in [5.74, 6) is 1.57. The van der Waals surface area contributed by atoms with Gasteiger partial charge < -0.3 is 19.7 Å². The summed E-state index contributed by atoms with van der Waals surface area (Å²) in [7, 11) is 3.63. The van der Waals surface area contributed by atoms with Gasteiger partial charge in [-0.3, -0.25) is 4.79 Å². The normalized spacial score (nSPS) is 27.0. The minimum Gasteiger partial charge on any atom is -0.351 e. The summed E-state index contributed by atoms with van der Waals surface area (Å²) in [5, 5.41) is 4.52. The third-order valence-electron chi connectivity index (χ3n) is 7.24. The largest absolute Gasteiger partial charge is 0.351 e. The molecule has 0 atom stereocenters. The van der Waals surface area contributed by atoms with E-state index in [1.807, 2.05) is 26.4 Å². The molecule has 4 fully saturated rings. The van der Waals surface area contributed by atoms with E-state index in [2.05, 4.69) is 33.6 Å². The summed E-state index contributed by atoms with van der Waals surface area (Å²) in [5.41, 5.74) is 1.76. The van der Waals surface area contributed by atoms with E-state index in [1.165, 1.54) is 19.3 Å². The minimum absolute atomic E-state index is 0.0447. The second-order valence-electron chi connectivity index (χ2n) is 9.79. The highest BCUT2D eigenvalue weighted by atomic mass is 16.2. The third-order valence-corrected chi connectivity index (χ3v) is 7.24. The Morgan fingerprint density at radius 2 is 1.93 bits per heavy atom. The molecule has 29 heavy (non-hydrogen) atoms. The number of fused-ring (bicyclic) bond motifs is 1. The lowest BCUT2D eigenvalue weighted by Gasteiger charge is -2.62. The molecule has 3 heterocycles. The van der Waals surface area contributed by atoms with Gasteiger partial charge in [-0.1, -0.05) is 0 Å². The van der Waals surface area contributed by atoms with Crippen LogP contribution >= 0.6 is 0 Å². The van der Waals surface area contributed by atoms with E-state index in [-0.39, 0.29) is 11.4 Å². The van der Waals surface area contributed by atoms with Crippen LogP contribution in [-0.4, -0.2) is 69.5 Å². The number of likely N-dealkylation sites (tertiary alicyclic amines) is 1. The molecular formula is C22H32N6O. The van der Waals surface area contributed by atoms with E-state index in [0.717, 1.165) is 48.6 Å². The first-order chi connectivity index (χ1) is 13.9. The van der Waals surface area contributed by atoms with Crippen LogP contribution in [0.4, 0.5) is 5.95 Å². The fourth-order valence-electron chi connectivity index (χ4n) is 5.37. The topological polar surface area (TPSA) is 66.3 Å². The van der Waals surface area contributed by atoms with E-state index < -0.39 is 0 Å². The van der Waals surface area contributed by atoms with Crippen LogP contribution in [0.3, 0.4) is 0 Å². The zero-order valence-electron chi connectivity index (χ0n) is 18.0. The Morgan fingerprint density at radius 3 is 2.48 bits per heavy atom. The van der Waals surface area contributed by atoms with Gasteiger partial charge in [-0.05, 0) is 57.9 Å². The molecule has 3 aliphatic carbocycles. The number of carbonyl (C=O) groups excluding carboxylic acids is 1. The molecular weight excluding hydrogens is 364 g/mol. The first kappa shape index (κ1) is 18.9. The van der Waals surface area contributed by atoms with E-state index >= 15 is 0 Å². The van der Waals surface area contributed by atoms with Gasteiger partial charge in [0.05, 0.1) is 0 Å². The van der Waals surface area contributed by atoms with Crippen molar-refractivity contribution in [2.75, 3.05) is 32.5 Å². The highest BCUT2D eigenvalue weighted by molar-refractivity contribution is 5.98. The Balaban J connectivity index is 1.44. The Kier molecular flexibility index (Phi) is 4.35.